The lowest BCUT2D eigenvalue weighted by Gasteiger charge is -2.39. The van der Waals surface area contributed by atoms with Gasteiger partial charge in [0, 0.05) is 30.2 Å². The van der Waals surface area contributed by atoms with Crippen molar-refractivity contribution in [3.63, 3.8) is 0 Å². The molecule has 148 valence electrons. The summed E-state index contributed by atoms with van der Waals surface area (Å²) in [5.74, 6) is -0.518. The summed E-state index contributed by atoms with van der Waals surface area (Å²) in [5.41, 5.74) is 1.89. The molecule has 5 unspecified atom stereocenters. The Morgan fingerprint density at radius 2 is 2.04 bits per heavy atom. The van der Waals surface area contributed by atoms with Crippen LogP contribution in [-0.2, 0) is 11.3 Å². The minimum absolute atomic E-state index is 0.00820. The van der Waals surface area contributed by atoms with Crippen LogP contribution in [-0.4, -0.2) is 30.3 Å². The van der Waals surface area contributed by atoms with Gasteiger partial charge in [0.05, 0.1) is 13.0 Å². The highest BCUT2D eigenvalue weighted by atomic mass is 19.1. The number of piperidine rings is 1. The second-order valence-corrected chi connectivity index (χ2v) is 7.70. The molecule has 0 aromatic heterocycles. The second kappa shape index (κ2) is 7.89. The van der Waals surface area contributed by atoms with Crippen LogP contribution in [0.2, 0.25) is 0 Å². The first-order valence-electron chi connectivity index (χ1n) is 9.66. The Bertz CT molecular complexity index is 845. The average molecular weight is 384 g/mol. The maximum Gasteiger partial charge on any atom is 0.308 e. The van der Waals surface area contributed by atoms with E-state index in [1.807, 2.05) is 18.2 Å². The van der Waals surface area contributed by atoms with E-state index in [-0.39, 0.29) is 35.8 Å². The number of benzene rings is 2. The molecule has 0 spiro atoms. The zero-order valence-electron chi connectivity index (χ0n) is 15.8. The highest BCUT2D eigenvalue weighted by molar-refractivity contribution is 5.71. The number of carbonyl (C=O) groups is 1. The van der Waals surface area contributed by atoms with E-state index in [4.69, 9.17) is 4.74 Å². The van der Waals surface area contributed by atoms with Crippen LogP contribution in [0.4, 0.5) is 4.39 Å². The third-order valence-corrected chi connectivity index (χ3v) is 6.11. The monoisotopic (exact) mass is 384 g/mol. The van der Waals surface area contributed by atoms with E-state index in [2.05, 4.69) is 22.8 Å². The molecule has 1 heterocycles. The summed E-state index contributed by atoms with van der Waals surface area (Å²) in [5, 5.41) is 16.7. The number of carboxylic acids is 1. The van der Waals surface area contributed by atoms with Crippen LogP contribution in [0, 0.1) is 17.7 Å². The second-order valence-electron chi connectivity index (χ2n) is 7.70. The summed E-state index contributed by atoms with van der Waals surface area (Å²) in [7, 11) is 1.57. The SMILES string of the molecule is COc1ccc(F)cc1CNC1C2CC(NC1c1ccccc1)C(C(=O)O)C2. The number of aliphatic carboxylic acids is 1. The molecule has 0 radical (unpaired) electrons. The zero-order chi connectivity index (χ0) is 19.7. The summed E-state index contributed by atoms with van der Waals surface area (Å²) in [4.78, 5) is 11.7. The molecule has 2 aromatic carbocycles. The minimum Gasteiger partial charge on any atom is -0.496 e. The molecule has 0 amide bonds. The van der Waals surface area contributed by atoms with Gasteiger partial charge in [-0.2, -0.15) is 0 Å². The van der Waals surface area contributed by atoms with Crippen molar-refractivity contribution in [1.82, 2.24) is 10.6 Å². The molecule has 28 heavy (non-hydrogen) atoms. The topological polar surface area (TPSA) is 70.6 Å². The fourth-order valence-corrected chi connectivity index (χ4v) is 4.80. The number of fused-ring (bicyclic) bond motifs is 2. The Labute approximate surface area is 163 Å². The van der Waals surface area contributed by atoms with Crippen LogP contribution >= 0.6 is 0 Å². The van der Waals surface area contributed by atoms with Gasteiger partial charge in [0.1, 0.15) is 11.6 Å². The minimum atomic E-state index is -0.737. The van der Waals surface area contributed by atoms with Crippen molar-refractivity contribution in [1.29, 1.82) is 0 Å². The van der Waals surface area contributed by atoms with Crippen molar-refractivity contribution < 1.29 is 19.0 Å². The maximum absolute atomic E-state index is 13.7. The van der Waals surface area contributed by atoms with Gasteiger partial charge in [0.15, 0.2) is 0 Å². The molecule has 1 saturated heterocycles. The van der Waals surface area contributed by atoms with Crippen LogP contribution in [0.5, 0.6) is 5.75 Å². The summed E-state index contributed by atoms with van der Waals surface area (Å²) < 4.78 is 19.1. The maximum atomic E-state index is 13.7. The first kappa shape index (κ1) is 18.9. The van der Waals surface area contributed by atoms with Gasteiger partial charge in [-0.05, 0) is 42.5 Å². The van der Waals surface area contributed by atoms with Gasteiger partial charge >= 0.3 is 5.97 Å². The normalized spacial score (nSPS) is 28.9. The molecule has 1 aliphatic heterocycles. The van der Waals surface area contributed by atoms with Crippen molar-refractivity contribution in [2.75, 3.05) is 7.11 Å². The van der Waals surface area contributed by atoms with E-state index in [0.717, 1.165) is 17.5 Å². The van der Waals surface area contributed by atoms with Crippen LogP contribution < -0.4 is 15.4 Å². The first-order chi connectivity index (χ1) is 13.6. The highest BCUT2D eigenvalue weighted by Gasteiger charge is 2.49. The number of halogens is 1. The van der Waals surface area contributed by atoms with Crippen molar-refractivity contribution in [3.05, 3.63) is 65.5 Å². The predicted molar refractivity (Wildman–Crippen MR) is 104 cm³/mol. The molecule has 2 aliphatic rings. The number of hydrogen-bond donors (Lipinski definition) is 3. The quantitative estimate of drug-likeness (QED) is 0.714. The average Bonchev–Trinajstić information content (AvgIpc) is 3.06. The summed E-state index contributed by atoms with van der Waals surface area (Å²) in [6.07, 6.45) is 1.48. The van der Waals surface area contributed by atoms with Crippen molar-refractivity contribution >= 4 is 5.97 Å². The van der Waals surface area contributed by atoms with Crippen molar-refractivity contribution in [2.24, 2.45) is 11.8 Å². The number of carboxylic acid groups (broad SMARTS) is 1. The lowest BCUT2D eigenvalue weighted by Crippen LogP contribution is -2.52. The Balaban J connectivity index is 1.59. The summed E-state index contributed by atoms with van der Waals surface area (Å²) in [6, 6.07) is 14.6. The predicted octanol–water partition coefficient (Wildman–Crippen LogP) is 3.12. The van der Waals surface area contributed by atoms with Gasteiger partial charge in [-0.15, -0.1) is 0 Å². The summed E-state index contributed by atoms with van der Waals surface area (Å²) in [6.45, 7) is 0.454. The first-order valence-corrected chi connectivity index (χ1v) is 9.66. The molecule has 6 heteroatoms. The molecule has 2 bridgehead atoms. The lowest BCUT2D eigenvalue weighted by atomic mass is 9.84. The van der Waals surface area contributed by atoms with E-state index in [1.54, 1.807) is 13.2 Å². The van der Waals surface area contributed by atoms with Crippen LogP contribution in [0.3, 0.4) is 0 Å². The smallest absolute Gasteiger partial charge is 0.308 e. The molecule has 3 N–H and O–H groups in total. The van der Waals surface area contributed by atoms with Crippen LogP contribution in [0.1, 0.15) is 30.0 Å². The van der Waals surface area contributed by atoms with Gasteiger partial charge in [0.2, 0.25) is 0 Å². The lowest BCUT2D eigenvalue weighted by molar-refractivity contribution is -0.142. The molecular weight excluding hydrogens is 359 g/mol. The van der Waals surface area contributed by atoms with E-state index in [9.17, 15) is 14.3 Å². The number of ether oxygens (including phenoxy) is 1. The standard InChI is InChI=1S/C22H25FN2O3/c1-28-19-8-7-16(23)9-15(19)12-24-20-14-10-17(22(26)27)18(11-14)25-21(20)13-5-3-2-4-6-13/h2-9,14,17-18,20-21,24-25H,10-12H2,1H3,(H,26,27). The molecule has 4 rings (SSSR count). The van der Waals surface area contributed by atoms with E-state index < -0.39 is 5.97 Å². The van der Waals surface area contributed by atoms with Gasteiger partial charge in [-0.1, -0.05) is 30.3 Å². The molecule has 2 fully saturated rings. The molecule has 5 nitrogen and oxygen atoms in total. The van der Waals surface area contributed by atoms with Crippen LogP contribution in [0.15, 0.2) is 48.5 Å². The van der Waals surface area contributed by atoms with Crippen LogP contribution in [0.25, 0.3) is 0 Å². The highest BCUT2D eigenvalue weighted by Crippen LogP contribution is 2.43. The van der Waals surface area contributed by atoms with Crippen molar-refractivity contribution in [3.8, 4) is 5.75 Å². The molecule has 2 aromatic rings. The number of nitrogens with one attached hydrogen (secondary N) is 2. The van der Waals surface area contributed by atoms with Gasteiger partial charge < -0.3 is 20.5 Å². The zero-order valence-corrected chi connectivity index (χ0v) is 15.8. The Hall–Kier alpha value is -2.44. The molecule has 1 saturated carbocycles. The molecule has 5 atom stereocenters. The number of hydrogen-bond acceptors (Lipinski definition) is 4. The molecular formula is C22H25FN2O3. The van der Waals surface area contributed by atoms with E-state index in [1.165, 1.54) is 12.1 Å². The fraction of sp³-hybridized carbons (Fsp3) is 0.409. The number of methoxy groups -OCH3 is 1. The number of rotatable bonds is 6. The Morgan fingerprint density at radius 3 is 2.75 bits per heavy atom. The van der Waals surface area contributed by atoms with E-state index >= 15 is 0 Å². The third-order valence-electron chi connectivity index (χ3n) is 6.11. The summed E-state index contributed by atoms with van der Waals surface area (Å²) >= 11 is 0. The third kappa shape index (κ3) is 3.62. The largest absolute Gasteiger partial charge is 0.496 e. The molecule has 1 aliphatic carbocycles. The van der Waals surface area contributed by atoms with Gasteiger partial charge in [-0.3, -0.25) is 4.79 Å². The van der Waals surface area contributed by atoms with Crippen molar-refractivity contribution in [2.45, 2.75) is 37.5 Å². The van der Waals surface area contributed by atoms with Gasteiger partial charge in [-0.25, -0.2) is 4.39 Å². The van der Waals surface area contributed by atoms with E-state index in [0.29, 0.717) is 18.7 Å². The Kier molecular flexibility index (Phi) is 5.33. The fourth-order valence-electron chi connectivity index (χ4n) is 4.80. The Morgan fingerprint density at radius 1 is 1.25 bits per heavy atom. The van der Waals surface area contributed by atoms with Gasteiger partial charge in [0.25, 0.3) is 0 Å².